The molecule has 29 heavy (non-hydrogen) atoms. The molecule has 0 saturated carbocycles. The van der Waals surface area contributed by atoms with Gasteiger partial charge in [-0.05, 0) is 48.5 Å². The molecule has 0 spiro atoms. The van der Waals surface area contributed by atoms with Crippen LogP contribution in [-0.2, 0) is 0 Å². The molecule has 0 unspecified atom stereocenters. The predicted molar refractivity (Wildman–Crippen MR) is 121 cm³/mol. The zero-order valence-electron chi connectivity index (χ0n) is 17.4. The van der Waals surface area contributed by atoms with Gasteiger partial charge in [0.1, 0.15) is 5.75 Å². The van der Waals surface area contributed by atoms with Crippen molar-refractivity contribution in [3.63, 3.8) is 0 Å². The van der Waals surface area contributed by atoms with Gasteiger partial charge < -0.3 is 19.4 Å². The Hall–Kier alpha value is -3.21. The fraction of sp³-hybridized carbons (Fsp3) is 0.292. The summed E-state index contributed by atoms with van der Waals surface area (Å²) in [5, 5.41) is 0. The molecule has 1 fully saturated rings. The molecule has 4 rings (SSSR count). The summed E-state index contributed by atoms with van der Waals surface area (Å²) in [4.78, 5) is 11.7. The number of piperazine rings is 1. The third-order valence-electron chi connectivity index (χ3n) is 5.50. The van der Waals surface area contributed by atoms with Crippen LogP contribution in [0.3, 0.4) is 0 Å². The highest BCUT2D eigenvalue weighted by Crippen LogP contribution is 2.31. The van der Waals surface area contributed by atoms with Crippen LogP contribution in [0.1, 0.15) is 0 Å². The van der Waals surface area contributed by atoms with Crippen molar-refractivity contribution in [3.05, 3.63) is 66.9 Å². The molecular weight excluding hydrogens is 360 g/mol. The molecule has 0 aliphatic carbocycles. The third kappa shape index (κ3) is 4.14. The number of methoxy groups -OCH3 is 1. The maximum absolute atomic E-state index is 5.27. The molecule has 1 aliphatic rings. The van der Waals surface area contributed by atoms with E-state index in [1.54, 1.807) is 7.11 Å². The van der Waals surface area contributed by atoms with Crippen LogP contribution in [-0.4, -0.2) is 52.4 Å². The number of aromatic nitrogens is 1. The van der Waals surface area contributed by atoms with Crippen LogP contribution in [0.25, 0.3) is 11.3 Å². The summed E-state index contributed by atoms with van der Waals surface area (Å²) in [7, 11) is 5.82. The fourth-order valence-corrected chi connectivity index (χ4v) is 3.79. The van der Waals surface area contributed by atoms with Crippen LogP contribution in [0, 0.1) is 0 Å². The highest BCUT2D eigenvalue weighted by atomic mass is 16.5. The van der Waals surface area contributed by atoms with Gasteiger partial charge in [-0.3, -0.25) is 4.98 Å². The van der Waals surface area contributed by atoms with E-state index in [1.807, 2.05) is 24.4 Å². The van der Waals surface area contributed by atoms with E-state index in [0.29, 0.717) is 0 Å². The molecule has 5 nitrogen and oxygen atoms in total. The Morgan fingerprint density at radius 1 is 0.828 bits per heavy atom. The molecule has 0 amide bonds. The van der Waals surface area contributed by atoms with Gasteiger partial charge in [-0.25, -0.2) is 0 Å². The standard InChI is InChI=1S/C24H28N4O/c1-26(2)20-8-6-19(7-9-20)24-23(5-4-14-25-24)28-17-15-27(16-18-28)21-10-12-22(29-3)13-11-21/h4-14H,15-18H2,1-3H3. The first kappa shape index (κ1) is 19.1. The van der Waals surface area contributed by atoms with Crippen LogP contribution in [0.5, 0.6) is 5.75 Å². The number of ether oxygens (including phenoxy) is 1. The molecule has 0 atom stereocenters. The number of hydrogen-bond donors (Lipinski definition) is 0. The number of anilines is 3. The first-order chi connectivity index (χ1) is 14.2. The predicted octanol–water partition coefficient (Wildman–Crippen LogP) is 4.15. The van der Waals surface area contributed by atoms with Crippen LogP contribution < -0.4 is 19.4 Å². The number of hydrogen-bond acceptors (Lipinski definition) is 5. The summed E-state index contributed by atoms with van der Waals surface area (Å²) in [6.45, 7) is 3.92. The Kier molecular flexibility index (Phi) is 5.56. The van der Waals surface area contributed by atoms with Crippen molar-refractivity contribution in [2.75, 3.05) is 62.1 Å². The zero-order chi connectivity index (χ0) is 20.2. The van der Waals surface area contributed by atoms with E-state index >= 15 is 0 Å². The summed E-state index contributed by atoms with van der Waals surface area (Å²) < 4.78 is 5.27. The molecule has 2 heterocycles. The van der Waals surface area contributed by atoms with Gasteiger partial charge >= 0.3 is 0 Å². The van der Waals surface area contributed by atoms with E-state index < -0.39 is 0 Å². The minimum absolute atomic E-state index is 0.896. The molecule has 3 aromatic rings. The molecule has 2 aromatic carbocycles. The first-order valence-corrected chi connectivity index (χ1v) is 10.0. The van der Waals surface area contributed by atoms with Gasteiger partial charge in [0.25, 0.3) is 0 Å². The Morgan fingerprint density at radius 3 is 2.10 bits per heavy atom. The minimum atomic E-state index is 0.896. The molecule has 1 aliphatic heterocycles. The van der Waals surface area contributed by atoms with E-state index in [4.69, 9.17) is 9.72 Å². The highest BCUT2D eigenvalue weighted by Gasteiger charge is 2.20. The first-order valence-electron chi connectivity index (χ1n) is 10.0. The lowest BCUT2D eigenvalue weighted by Crippen LogP contribution is -2.46. The van der Waals surface area contributed by atoms with E-state index in [2.05, 4.69) is 71.3 Å². The second-order valence-electron chi connectivity index (χ2n) is 7.48. The second-order valence-corrected chi connectivity index (χ2v) is 7.48. The lowest BCUT2D eigenvalue weighted by atomic mass is 10.1. The molecule has 0 bridgehead atoms. The molecular formula is C24H28N4O. The average molecular weight is 389 g/mol. The van der Waals surface area contributed by atoms with Crippen LogP contribution in [0.15, 0.2) is 66.9 Å². The summed E-state index contributed by atoms with van der Waals surface area (Å²) >= 11 is 0. The largest absolute Gasteiger partial charge is 0.497 e. The maximum Gasteiger partial charge on any atom is 0.119 e. The fourth-order valence-electron chi connectivity index (χ4n) is 3.79. The van der Waals surface area contributed by atoms with Gasteiger partial charge in [0, 0.05) is 63.4 Å². The Balaban J connectivity index is 1.50. The van der Waals surface area contributed by atoms with Gasteiger partial charge in [0.15, 0.2) is 0 Å². The van der Waals surface area contributed by atoms with E-state index in [-0.39, 0.29) is 0 Å². The quantitative estimate of drug-likeness (QED) is 0.656. The Labute approximate surface area is 173 Å². The lowest BCUT2D eigenvalue weighted by Gasteiger charge is -2.38. The summed E-state index contributed by atoms with van der Waals surface area (Å²) in [6.07, 6.45) is 1.88. The summed E-state index contributed by atoms with van der Waals surface area (Å²) in [5.74, 6) is 0.896. The number of nitrogens with zero attached hydrogens (tertiary/aromatic N) is 4. The maximum atomic E-state index is 5.27. The van der Waals surface area contributed by atoms with Crippen LogP contribution >= 0.6 is 0 Å². The molecule has 1 aromatic heterocycles. The average Bonchev–Trinajstić information content (AvgIpc) is 2.79. The van der Waals surface area contributed by atoms with Gasteiger partial charge in [0.05, 0.1) is 18.5 Å². The van der Waals surface area contributed by atoms with Crippen molar-refractivity contribution in [1.29, 1.82) is 0 Å². The topological polar surface area (TPSA) is 31.8 Å². The van der Waals surface area contributed by atoms with Crippen molar-refractivity contribution in [2.45, 2.75) is 0 Å². The number of benzene rings is 2. The van der Waals surface area contributed by atoms with Crippen LogP contribution in [0.4, 0.5) is 17.1 Å². The van der Waals surface area contributed by atoms with Crippen molar-refractivity contribution in [3.8, 4) is 17.0 Å². The second kappa shape index (κ2) is 8.43. The summed E-state index contributed by atoms with van der Waals surface area (Å²) in [6, 6.07) is 21.2. The lowest BCUT2D eigenvalue weighted by molar-refractivity contribution is 0.415. The Bertz CT molecular complexity index is 930. The molecule has 1 saturated heterocycles. The third-order valence-corrected chi connectivity index (χ3v) is 5.50. The Morgan fingerprint density at radius 2 is 1.48 bits per heavy atom. The van der Waals surface area contributed by atoms with Crippen molar-refractivity contribution in [1.82, 2.24) is 4.98 Å². The number of rotatable bonds is 5. The van der Waals surface area contributed by atoms with Crippen LogP contribution in [0.2, 0.25) is 0 Å². The van der Waals surface area contributed by atoms with E-state index in [1.165, 1.54) is 17.1 Å². The van der Waals surface area contributed by atoms with Gasteiger partial charge in [-0.2, -0.15) is 0 Å². The van der Waals surface area contributed by atoms with Crippen molar-refractivity contribution in [2.24, 2.45) is 0 Å². The van der Waals surface area contributed by atoms with Crippen molar-refractivity contribution < 1.29 is 4.74 Å². The minimum Gasteiger partial charge on any atom is -0.497 e. The van der Waals surface area contributed by atoms with Gasteiger partial charge in [-0.1, -0.05) is 12.1 Å². The van der Waals surface area contributed by atoms with E-state index in [9.17, 15) is 0 Å². The van der Waals surface area contributed by atoms with Crippen molar-refractivity contribution >= 4 is 17.1 Å². The molecule has 0 N–H and O–H groups in total. The SMILES string of the molecule is COc1ccc(N2CCN(c3cccnc3-c3ccc(N(C)C)cc3)CC2)cc1. The van der Waals surface area contributed by atoms with Gasteiger partial charge in [-0.15, -0.1) is 0 Å². The van der Waals surface area contributed by atoms with E-state index in [0.717, 1.165) is 43.2 Å². The molecule has 0 radical (unpaired) electrons. The number of pyridine rings is 1. The molecule has 150 valence electrons. The highest BCUT2D eigenvalue weighted by molar-refractivity contribution is 5.76. The van der Waals surface area contributed by atoms with Gasteiger partial charge in [0.2, 0.25) is 0 Å². The smallest absolute Gasteiger partial charge is 0.119 e. The summed E-state index contributed by atoms with van der Waals surface area (Å²) in [5.41, 5.74) is 5.86. The molecule has 5 heteroatoms. The zero-order valence-corrected chi connectivity index (χ0v) is 17.4. The normalized spacial score (nSPS) is 14.0. The monoisotopic (exact) mass is 388 g/mol.